The second kappa shape index (κ2) is 5.05. The topological polar surface area (TPSA) is 47.6 Å². The van der Waals surface area contributed by atoms with Crippen LogP contribution in [0.15, 0.2) is 21.7 Å². The van der Waals surface area contributed by atoms with Gasteiger partial charge in [-0.15, -0.1) is 0 Å². The third-order valence-electron chi connectivity index (χ3n) is 0.636. The molecular formula is C6H2BrClN2. The Bertz CT molecular complexity index is 254. The Morgan fingerprint density at radius 1 is 1.40 bits per heavy atom. The van der Waals surface area contributed by atoms with Crippen LogP contribution in [-0.2, 0) is 0 Å². The van der Waals surface area contributed by atoms with Gasteiger partial charge in [-0.3, -0.25) is 0 Å². The second-order valence-electron chi connectivity index (χ2n) is 1.28. The lowest BCUT2D eigenvalue weighted by Crippen LogP contribution is -1.69. The van der Waals surface area contributed by atoms with E-state index >= 15 is 0 Å². The minimum Gasteiger partial charge on any atom is -0.192 e. The van der Waals surface area contributed by atoms with Crippen LogP contribution in [0, 0.1) is 22.7 Å². The first-order valence-electron chi connectivity index (χ1n) is 2.22. The standard InChI is InChI=1S/C6H2BrClN2/c7-6(4-10)1-5(2-8)3-9/h1-2H. The van der Waals surface area contributed by atoms with Gasteiger partial charge in [-0.2, -0.15) is 10.5 Å². The molecule has 2 nitrogen and oxygen atoms in total. The Balaban J connectivity index is 4.46. The van der Waals surface area contributed by atoms with Crippen molar-refractivity contribution < 1.29 is 0 Å². The quantitative estimate of drug-likeness (QED) is 0.500. The van der Waals surface area contributed by atoms with Crippen LogP contribution in [0.2, 0.25) is 0 Å². The largest absolute Gasteiger partial charge is 0.192 e. The number of hydrogen-bond acceptors (Lipinski definition) is 2. The van der Waals surface area contributed by atoms with Crippen LogP contribution in [0.3, 0.4) is 0 Å². The van der Waals surface area contributed by atoms with Crippen molar-refractivity contribution in [3.8, 4) is 12.1 Å². The molecule has 10 heavy (non-hydrogen) atoms. The summed E-state index contributed by atoms with van der Waals surface area (Å²) < 4.78 is 0.279. The maximum Gasteiger partial charge on any atom is 0.107 e. The summed E-state index contributed by atoms with van der Waals surface area (Å²) in [5, 5.41) is 16.5. The predicted octanol–water partition coefficient (Wildman–Crippen LogP) is 2.44. The summed E-state index contributed by atoms with van der Waals surface area (Å²) in [6.07, 6.45) is 1.34. The van der Waals surface area contributed by atoms with Gasteiger partial charge >= 0.3 is 0 Å². The van der Waals surface area contributed by atoms with E-state index in [-0.39, 0.29) is 10.1 Å². The van der Waals surface area contributed by atoms with Crippen LogP contribution >= 0.6 is 27.5 Å². The molecule has 0 saturated heterocycles. The lowest BCUT2D eigenvalue weighted by molar-refractivity contribution is 1.49. The summed E-state index contributed by atoms with van der Waals surface area (Å²) in [4.78, 5) is 0. The molecule has 50 valence electrons. The van der Waals surface area contributed by atoms with Crippen molar-refractivity contribution in [2.24, 2.45) is 0 Å². The van der Waals surface area contributed by atoms with Crippen LogP contribution in [0.25, 0.3) is 0 Å². The summed E-state index contributed by atoms with van der Waals surface area (Å²) >= 11 is 8.12. The minimum atomic E-state index is 0.245. The Labute approximate surface area is 72.1 Å². The average Bonchev–Trinajstić information content (AvgIpc) is 1.99. The van der Waals surface area contributed by atoms with E-state index in [1.807, 2.05) is 0 Å². The Kier molecular flexibility index (Phi) is 4.66. The fraction of sp³-hybridized carbons (Fsp3) is 0. The van der Waals surface area contributed by atoms with Crippen LogP contribution < -0.4 is 0 Å². The fourth-order valence-electron chi connectivity index (χ4n) is 0.257. The molecule has 0 bridgehead atoms. The average molecular weight is 217 g/mol. The van der Waals surface area contributed by atoms with Gasteiger partial charge in [0.2, 0.25) is 0 Å². The van der Waals surface area contributed by atoms with Gasteiger partial charge < -0.3 is 0 Å². The highest BCUT2D eigenvalue weighted by molar-refractivity contribution is 9.12. The van der Waals surface area contributed by atoms with E-state index in [0.717, 1.165) is 5.54 Å². The fourth-order valence-corrected chi connectivity index (χ4v) is 0.615. The van der Waals surface area contributed by atoms with Gasteiger partial charge in [0.1, 0.15) is 12.1 Å². The van der Waals surface area contributed by atoms with Crippen LogP contribution in [-0.4, -0.2) is 0 Å². The molecule has 0 N–H and O–H groups in total. The lowest BCUT2D eigenvalue weighted by atomic mass is 10.3. The predicted molar refractivity (Wildman–Crippen MR) is 42.2 cm³/mol. The Morgan fingerprint density at radius 2 is 2.00 bits per heavy atom. The maximum absolute atomic E-state index is 8.29. The van der Waals surface area contributed by atoms with E-state index in [0.29, 0.717) is 0 Å². The van der Waals surface area contributed by atoms with E-state index < -0.39 is 0 Å². The second-order valence-corrected chi connectivity index (χ2v) is 2.35. The van der Waals surface area contributed by atoms with Crippen molar-refractivity contribution in [2.75, 3.05) is 0 Å². The van der Waals surface area contributed by atoms with E-state index in [1.54, 1.807) is 12.1 Å². The molecule has 0 heterocycles. The Morgan fingerprint density at radius 3 is 2.30 bits per heavy atom. The van der Waals surface area contributed by atoms with Crippen molar-refractivity contribution in [2.45, 2.75) is 0 Å². The van der Waals surface area contributed by atoms with Gasteiger partial charge in [0.25, 0.3) is 0 Å². The first kappa shape index (κ1) is 9.23. The summed E-state index contributed by atoms with van der Waals surface area (Å²) in [7, 11) is 0. The van der Waals surface area contributed by atoms with Crippen molar-refractivity contribution in [3.05, 3.63) is 21.7 Å². The molecule has 0 rings (SSSR count). The first-order chi connectivity index (χ1) is 4.74. The van der Waals surface area contributed by atoms with Crippen LogP contribution in [0.5, 0.6) is 0 Å². The summed E-state index contributed by atoms with van der Waals surface area (Å²) in [6.45, 7) is 0. The molecule has 0 amide bonds. The van der Waals surface area contributed by atoms with E-state index in [2.05, 4.69) is 15.9 Å². The van der Waals surface area contributed by atoms with Crippen LogP contribution in [0.1, 0.15) is 0 Å². The zero-order valence-electron chi connectivity index (χ0n) is 4.81. The molecule has 0 radical (unpaired) electrons. The highest BCUT2D eigenvalue weighted by Crippen LogP contribution is 2.07. The number of halogens is 2. The van der Waals surface area contributed by atoms with Gasteiger partial charge in [-0.05, 0) is 22.0 Å². The minimum absolute atomic E-state index is 0.245. The van der Waals surface area contributed by atoms with Gasteiger partial charge in [0.15, 0.2) is 0 Å². The smallest absolute Gasteiger partial charge is 0.107 e. The number of nitrogens with zero attached hydrogens (tertiary/aromatic N) is 2. The number of allylic oxidation sites excluding steroid dienone is 3. The third kappa shape index (κ3) is 3.29. The molecule has 0 aromatic carbocycles. The molecular weight excluding hydrogens is 215 g/mol. The molecule has 0 spiro atoms. The first-order valence-corrected chi connectivity index (χ1v) is 3.45. The molecule has 4 heteroatoms. The zero-order chi connectivity index (χ0) is 7.98. The van der Waals surface area contributed by atoms with E-state index in [9.17, 15) is 0 Å². The molecule has 0 aromatic rings. The Hall–Kier alpha value is -0.770. The third-order valence-corrected chi connectivity index (χ3v) is 1.28. The molecule has 0 aliphatic carbocycles. The van der Waals surface area contributed by atoms with Gasteiger partial charge in [-0.1, -0.05) is 11.6 Å². The van der Waals surface area contributed by atoms with Gasteiger partial charge in [0.05, 0.1) is 10.1 Å². The summed E-state index contributed by atoms with van der Waals surface area (Å²) in [6, 6.07) is 3.58. The zero-order valence-corrected chi connectivity index (χ0v) is 7.15. The number of nitriles is 2. The normalized spacial score (nSPS) is 12.0. The van der Waals surface area contributed by atoms with Crippen molar-refractivity contribution in [1.29, 1.82) is 10.5 Å². The molecule has 0 unspecified atom stereocenters. The molecule has 0 saturated carbocycles. The monoisotopic (exact) mass is 216 g/mol. The molecule has 0 aromatic heterocycles. The molecule has 0 fully saturated rings. The maximum atomic E-state index is 8.29. The SMILES string of the molecule is N#CC(Br)=CC(C#N)=CCl. The summed E-state index contributed by atoms with van der Waals surface area (Å²) in [5.74, 6) is 0. The lowest BCUT2D eigenvalue weighted by Gasteiger charge is -1.81. The number of rotatable bonds is 1. The van der Waals surface area contributed by atoms with E-state index in [1.165, 1.54) is 6.08 Å². The molecule has 0 atom stereocenters. The highest BCUT2D eigenvalue weighted by Gasteiger charge is 1.90. The number of hydrogen-bond donors (Lipinski definition) is 0. The van der Waals surface area contributed by atoms with Gasteiger partial charge in [0, 0.05) is 5.54 Å². The van der Waals surface area contributed by atoms with Crippen molar-refractivity contribution >= 4 is 27.5 Å². The summed E-state index contributed by atoms with van der Waals surface area (Å²) in [5.41, 5.74) is 1.36. The van der Waals surface area contributed by atoms with Gasteiger partial charge in [-0.25, -0.2) is 0 Å². The molecule has 0 aliphatic heterocycles. The highest BCUT2D eigenvalue weighted by atomic mass is 79.9. The molecule has 0 aliphatic rings. The van der Waals surface area contributed by atoms with Crippen molar-refractivity contribution in [1.82, 2.24) is 0 Å². The van der Waals surface area contributed by atoms with Crippen molar-refractivity contribution in [3.63, 3.8) is 0 Å². The van der Waals surface area contributed by atoms with Crippen LogP contribution in [0.4, 0.5) is 0 Å². The van der Waals surface area contributed by atoms with E-state index in [4.69, 9.17) is 22.1 Å².